The monoisotopic (exact) mass is 250 g/mol. The second kappa shape index (κ2) is 8.66. The van der Waals surface area contributed by atoms with Gasteiger partial charge in [0, 0.05) is 19.5 Å². The lowest BCUT2D eigenvalue weighted by molar-refractivity contribution is -0.132. The lowest BCUT2D eigenvalue weighted by Gasteiger charge is -2.22. The Morgan fingerprint density at radius 1 is 1.33 bits per heavy atom. The predicted octanol–water partition coefficient (Wildman–Crippen LogP) is 1.01. The Morgan fingerprint density at radius 2 is 2.06 bits per heavy atom. The zero-order valence-electron chi connectivity index (χ0n) is 10.9. The van der Waals surface area contributed by atoms with Gasteiger partial charge in [-0.05, 0) is 25.6 Å². The molecule has 0 radical (unpaired) electrons. The zero-order chi connectivity index (χ0) is 13.2. The van der Waals surface area contributed by atoms with Gasteiger partial charge in [0.25, 0.3) is 0 Å². The lowest BCUT2D eigenvalue weighted by atomic mass is 10.2. The number of hydrogen-bond donors (Lipinski definition) is 2. The predicted molar refractivity (Wildman–Crippen MR) is 72.1 cm³/mol. The number of hydrogen-bond acceptors (Lipinski definition) is 3. The van der Waals surface area contributed by atoms with E-state index in [1.807, 2.05) is 37.4 Å². The van der Waals surface area contributed by atoms with E-state index in [1.165, 1.54) is 0 Å². The second-order valence-electron chi connectivity index (χ2n) is 4.23. The van der Waals surface area contributed by atoms with Crippen LogP contribution in [0.3, 0.4) is 0 Å². The lowest BCUT2D eigenvalue weighted by Crippen LogP contribution is -2.33. The summed E-state index contributed by atoms with van der Waals surface area (Å²) >= 11 is 0. The molecule has 0 heterocycles. The minimum atomic E-state index is 0.00456. The van der Waals surface area contributed by atoms with E-state index >= 15 is 0 Å². The van der Waals surface area contributed by atoms with E-state index in [2.05, 4.69) is 5.32 Å². The van der Waals surface area contributed by atoms with Crippen molar-refractivity contribution in [1.82, 2.24) is 10.2 Å². The van der Waals surface area contributed by atoms with Gasteiger partial charge >= 0.3 is 0 Å². The molecule has 0 bridgehead atoms. The Balaban J connectivity index is 2.50. The highest BCUT2D eigenvalue weighted by atomic mass is 16.3. The number of nitrogens with zero attached hydrogens (tertiary/aromatic N) is 1. The van der Waals surface area contributed by atoms with Gasteiger partial charge in [-0.2, -0.15) is 0 Å². The molecule has 18 heavy (non-hydrogen) atoms. The fourth-order valence-corrected chi connectivity index (χ4v) is 1.79. The molecule has 0 aromatic heterocycles. The van der Waals surface area contributed by atoms with Gasteiger partial charge in [-0.3, -0.25) is 4.79 Å². The third-order valence-corrected chi connectivity index (χ3v) is 2.76. The van der Waals surface area contributed by atoms with Gasteiger partial charge in [-0.15, -0.1) is 0 Å². The summed E-state index contributed by atoms with van der Waals surface area (Å²) in [6.07, 6.45) is 1.35. The van der Waals surface area contributed by atoms with Gasteiger partial charge in [-0.1, -0.05) is 30.3 Å². The zero-order valence-corrected chi connectivity index (χ0v) is 10.9. The number of nitrogens with one attached hydrogen (secondary N) is 1. The van der Waals surface area contributed by atoms with Crippen molar-refractivity contribution < 1.29 is 9.90 Å². The summed E-state index contributed by atoms with van der Waals surface area (Å²) in [5.74, 6) is 0.100. The summed E-state index contributed by atoms with van der Waals surface area (Å²) in [7, 11) is 1.87. The first-order valence-electron chi connectivity index (χ1n) is 6.35. The van der Waals surface area contributed by atoms with E-state index in [0.717, 1.165) is 18.5 Å². The van der Waals surface area contributed by atoms with Crippen LogP contribution in [0.5, 0.6) is 0 Å². The fourth-order valence-electron chi connectivity index (χ4n) is 1.79. The molecule has 2 N–H and O–H groups in total. The van der Waals surface area contributed by atoms with Gasteiger partial charge in [0.05, 0.1) is 6.61 Å². The molecule has 1 rings (SSSR count). The molecule has 1 aromatic carbocycles. The van der Waals surface area contributed by atoms with Crippen LogP contribution in [0.1, 0.15) is 18.4 Å². The highest BCUT2D eigenvalue weighted by molar-refractivity contribution is 5.76. The van der Waals surface area contributed by atoms with Crippen molar-refractivity contribution >= 4 is 5.91 Å². The fraction of sp³-hybridized carbons (Fsp3) is 0.500. The Morgan fingerprint density at radius 3 is 2.67 bits per heavy atom. The summed E-state index contributed by atoms with van der Waals surface area (Å²) in [4.78, 5) is 13.7. The molecule has 1 aromatic rings. The molecule has 0 fully saturated rings. The topological polar surface area (TPSA) is 52.6 Å². The Kier molecular flexibility index (Phi) is 7.06. The van der Waals surface area contributed by atoms with Gasteiger partial charge < -0.3 is 15.3 Å². The summed E-state index contributed by atoms with van der Waals surface area (Å²) in [6.45, 7) is 1.81. The highest BCUT2D eigenvalue weighted by Crippen LogP contribution is 2.06. The molecule has 0 aliphatic carbocycles. The number of rotatable bonds is 8. The molecule has 0 saturated carbocycles. The van der Waals surface area contributed by atoms with E-state index in [-0.39, 0.29) is 12.5 Å². The maximum atomic E-state index is 12.0. The SMILES string of the molecule is CNCCCC(=O)N(CCO)Cc1ccccc1. The first-order chi connectivity index (χ1) is 8.77. The Labute approximate surface area is 109 Å². The summed E-state index contributed by atoms with van der Waals surface area (Å²) in [5, 5.41) is 12.1. The van der Waals surface area contributed by atoms with Crippen molar-refractivity contribution in [2.45, 2.75) is 19.4 Å². The number of aliphatic hydroxyl groups is 1. The van der Waals surface area contributed by atoms with Crippen molar-refractivity contribution in [2.24, 2.45) is 0 Å². The first kappa shape index (κ1) is 14.7. The average molecular weight is 250 g/mol. The van der Waals surface area contributed by atoms with Crippen LogP contribution in [0.2, 0.25) is 0 Å². The van der Waals surface area contributed by atoms with Gasteiger partial charge in [0.2, 0.25) is 5.91 Å². The standard InChI is InChI=1S/C14H22N2O2/c1-15-9-5-8-14(18)16(10-11-17)12-13-6-3-2-4-7-13/h2-4,6-7,15,17H,5,8-12H2,1H3. The van der Waals surface area contributed by atoms with Crippen molar-refractivity contribution in [3.05, 3.63) is 35.9 Å². The smallest absolute Gasteiger partial charge is 0.222 e. The van der Waals surface area contributed by atoms with E-state index in [0.29, 0.717) is 19.5 Å². The molecule has 0 aliphatic rings. The average Bonchev–Trinajstić information content (AvgIpc) is 2.39. The molecule has 0 unspecified atom stereocenters. The van der Waals surface area contributed by atoms with Crippen LogP contribution in [0.25, 0.3) is 0 Å². The quantitative estimate of drug-likeness (QED) is 0.677. The van der Waals surface area contributed by atoms with Gasteiger partial charge in [-0.25, -0.2) is 0 Å². The first-order valence-corrected chi connectivity index (χ1v) is 6.35. The minimum Gasteiger partial charge on any atom is -0.395 e. The molecule has 100 valence electrons. The normalized spacial score (nSPS) is 10.3. The third kappa shape index (κ3) is 5.29. The van der Waals surface area contributed by atoms with Crippen molar-refractivity contribution in [1.29, 1.82) is 0 Å². The van der Waals surface area contributed by atoms with Crippen LogP contribution in [-0.4, -0.2) is 42.7 Å². The molecule has 0 aliphatic heterocycles. The molecule has 4 nitrogen and oxygen atoms in total. The highest BCUT2D eigenvalue weighted by Gasteiger charge is 2.12. The number of benzene rings is 1. The molecule has 1 amide bonds. The van der Waals surface area contributed by atoms with Crippen molar-refractivity contribution in [3.8, 4) is 0 Å². The Bertz CT molecular complexity index is 341. The van der Waals surface area contributed by atoms with Crippen molar-refractivity contribution in [3.63, 3.8) is 0 Å². The van der Waals surface area contributed by atoms with Gasteiger partial charge in [0.15, 0.2) is 0 Å². The van der Waals surface area contributed by atoms with E-state index in [4.69, 9.17) is 5.11 Å². The summed E-state index contributed by atoms with van der Waals surface area (Å²) in [5.41, 5.74) is 1.09. The van der Waals surface area contributed by atoms with Gasteiger partial charge in [0.1, 0.15) is 0 Å². The third-order valence-electron chi connectivity index (χ3n) is 2.76. The molecular formula is C14H22N2O2. The van der Waals surface area contributed by atoms with Crippen LogP contribution in [0, 0.1) is 0 Å². The van der Waals surface area contributed by atoms with Crippen LogP contribution in [0.4, 0.5) is 0 Å². The van der Waals surface area contributed by atoms with E-state index in [9.17, 15) is 4.79 Å². The second-order valence-corrected chi connectivity index (χ2v) is 4.23. The largest absolute Gasteiger partial charge is 0.395 e. The van der Waals surface area contributed by atoms with Crippen LogP contribution < -0.4 is 5.32 Å². The van der Waals surface area contributed by atoms with Crippen LogP contribution in [0.15, 0.2) is 30.3 Å². The molecular weight excluding hydrogens is 228 g/mol. The molecule has 0 saturated heterocycles. The summed E-state index contributed by atoms with van der Waals surface area (Å²) < 4.78 is 0. The van der Waals surface area contributed by atoms with Crippen molar-refractivity contribution in [2.75, 3.05) is 26.7 Å². The summed E-state index contributed by atoms with van der Waals surface area (Å²) in [6, 6.07) is 9.85. The minimum absolute atomic E-state index is 0.00456. The maximum absolute atomic E-state index is 12.0. The number of amides is 1. The van der Waals surface area contributed by atoms with Crippen LogP contribution in [-0.2, 0) is 11.3 Å². The van der Waals surface area contributed by atoms with Crippen LogP contribution >= 0.6 is 0 Å². The molecule has 0 spiro atoms. The maximum Gasteiger partial charge on any atom is 0.222 e. The van der Waals surface area contributed by atoms with E-state index < -0.39 is 0 Å². The Hall–Kier alpha value is -1.39. The molecule has 0 atom stereocenters. The molecule has 4 heteroatoms. The number of carbonyl (C=O) groups is 1. The number of carbonyl (C=O) groups excluding carboxylic acids is 1. The number of aliphatic hydroxyl groups excluding tert-OH is 1. The van der Waals surface area contributed by atoms with E-state index in [1.54, 1.807) is 4.90 Å².